The number of carboxylic acids is 1. The number of carboxylic acid groups (broad SMARTS) is 1. The Balaban J connectivity index is 1.89. The first-order chi connectivity index (χ1) is 9.16. The summed E-state index contributed by atoms with van der Waals surface area (Å²) in [7, 11) is 0. The van der Waals surface area contributed by atoms with Crippen LogP contribution in [0.15, 0.2) is 30.6 Å². The van der Waals surface area contributed by atoms with Crippen molar-refractivity contribution in [3.63, 3.8) is 0 Å². The Morgan fingerprint density at radius 1 is 1.11 bits per heavy atom. The first-order valence-electron chi connectivity index (χ1n) is 5.88. The lowest BCUT2D eigenvalue weighted by atomic mass is 10.3. The second-order valence-corrected chi connectivity index (χ2v) is 4.03. The van der Waals surface area contributed by atoms with Gasteiger partial charge in [-0.25, -0.2) is 14.8 Å². The van der Waals surface area contributed by atoms with Gasteiger partial charge in [0.1, 0.15) is 0 Å². The summed E-state index contributed by atoms with van der Waals surface area (Å²) < 4.78 is 0. The van der Waals surface area contributed by atoms with Crippen LogP contribution in [0.1, 0.15) is 0 Å². The quantitative estimate of drug-likeness (QED) is 0.757. The van der Waals surface area contributed by atoms with Crippen LogP contribution in [0, 0.1) is 0 Å². The average molecular weight is 262 g/mol. The van der Waals surface area contributed by atoms with Gasteiger partial charge in [0.05, 0.1) is 0 Å². The molecule has 0 atom stereocenters. The van der Waals surface area contributed by atoms with E-state index in [0.717, 1.165) is 12.2 Å². The number of amides is 1. The Labute approximate surface area is 110 Å². The van der Waals surface area contributed by atoms with E-state index in [1.165, 1.54) is 0 Å². The van der Waals surface area contributed by atoms with Gasteiger partial charge in [-0.2, -0.15) is 0 Å². The largest absolute Gasteiger partial charge is 0.478 e. The first kappa shape index (κ1) is 13.0. The third-order valence-electron chi connectivity index (χ3n) is 2.79. The molecule has 1 aliphatic heterocycles. The van der Waals surface area contributed by atoms with Gasteiger partial charge in [0, 0.05) is 50.7 Å². The average Bonchev–Trinajstić information content (AvgIpc) is 2.46. The predicted octanol–water partition coefficient (Wildman–Crippen LogP) is -0.234. The molecule has 1 saturated heterocycles. The van der Waals surface area contributed by atoms with Crippen molar-refractivity contribution in [2.24, 2.45) is 0 Å². The van der Waals surface area contributed by atoms with E-state index in [0.29, 0.717) is 32.1 Å². The predicted molar refractivity (Wildman–Crippen MR) is 67.6 cm³/mol. The third-order valence-corrected chi connectivity index (χ3v) is 2.79. The van der Waals surface area contributed by atoms with Gasteiger partial charge in [-0.1, -0.05) is 0 Å². The van der Waals surface area contributed by atoms with Crippen LogP contribution in [0.25, 0.3) is 0 Å². The van der Waals surface area contributed by atoms with Gasteiger partial charge in [0.2, 0.25) is 11.9 Å². The molecule has 1 aromatic rings. The molecule has 1 N–H and O–H groups in total. The zero-order chi connectivity index (χ0) is 13.7. The maximum absolute atomic E-state index is 11.7. The highest BCUT2D eigenvalue weighted by Crippen LogP contribution is 2.09. The minimum atomic E-state index is -1.12. The van der Waals surface area contributed by atoms with Crippen molar-refractivity contribution >= 4 is 17.8 Å². The van der Waals surface area contributed by atoms with E-state index in [9.17, 15) is 9.59 Å². The molecular formula is C12H14N4O3. The van der Waals surface area contributed by atoms with Crippen molar-refractivity contribution in [1.82, 2.24) is 14.9 Å². The van der Waals surface area contributed by atoms with Crippen LogP contribution in [-0.2, 0) is 9.59 Å². The van der Waals surface area contributed by atoms with Crippen molar-refractivity contribution in [2.75, 3.05) is 31.1 Å². The van der Waals surface area contributed by atoms with E-state index < -0.39 is 5.97 Å². The van der Waals surface area contributed by atoms with E-state index in [1.807, 2.05) is 4.90 Å². The molecular weight excluding hydrogens is 248 g/mol. The molecule has 0 bridgehead atoms. The highest BCUT2D eigenvalue weighted by Gasteiger charge is 2.20. The summed E-state index contributed by atoms with van der Waals surface area (Å²) >= 11 is 0. The van der Waals surface area contributed by atoms with Crippen molar-refractivity contribution < 1.29 is 14.7 Å². The number of aromatic nitrogens is 2. The lowest BCUT2D eigenvalue weighted by Gasteiger charge is -2.34. The molecule has 100 valence electrons. The number of rotatable bonds is 3. The second kappa shape index (κ2) is 5.94. The maximum Gasteiger partial charge on any atom is 0.328 e. The number of nitrogens with zero attached hydrogens (tertiary/aromatic N) is 4. The number of aliphatic carboxylic acids is 1. The van der Waals surface area contributed by atoms with Crippen LogP contribution in [0.5, 0.6) is 0 Å². The zero-order valence-corrected chi connectivity index (χ0v) is 10.3. The normalized spacial score (nSPS) is 15.8. The van der Waals surface area contributed by atoms with Crippen LogP contribution in [0.4, 0.5) is 5.95 Å². The molecule has 1 aliphatic rings. The number of hydrogen-bond donors (Lipinski definition) is 1. The number of carbonyl (C=O) groups excluding carboxylic acids is 1. The van der Waals surface area contributed by atoms with Gasteiger partial charge < -0.3 is 14.9 Å². The minimum absolute atomic E-state index is 0.281. The van der Waals surface area contributed by atoms with E-state index in [1.54, 1.807) is 23.4 Å². The lowest BCUT2D eigenvalue weighted by molar-refractivity contribution is -0.132. The molecule has 1 amide bonds. The van der Waals surface area contributed by atoms with Crippen LogP contribution in [-0.4, -0.2) is 58.0 Å². The first-order valence-corrected chi connectivity index (χ1v) is 5.88. The van der Waals surface area contributed by atoms with Gasteiger partial charge in [-0.05, 0) is 6.07 Å². The SMILES string of the molecule is O=C(O)/C=C/C(=O)N1CCN(c2ncccn2)CC1. The fraction of sp³-hybridized carbons (Fsp3) is 0.333. The Morgan fingerprint density at radius 3 is 2.32 bits per heavy atom. The van der Waals surface area contributed by atoms with E-state index >= 15 is 0 Å². The van der Waals surface area contributed by atoms with Gasteiger partial charge in [0.25, 0.3) is 0 Å². The van der Waals surface area contributed by atoms with Gasteiger partial charge in [-0.15, -0.1) is 0 Å². The standard InChI is InChI=1S/C12H14N4O3/c17-10(2-3-11(18)19)15-6-8-16(9-7-15)12-13-4-1-5-14-12/h1-5H,6-9H2,(H,18,19)/b3-2+. The molecule has 2 heterocycles. The van der Waals surface area contributed by atoms with E-state index in [2.05, 4.69) is 9.97 Å². The summed E-state index contributed by atoms with van der Waals surface area (Å²) in [6.45, 7) is 2.33. The summed E-state index contributed by atoms with van der Waals surface area (Å²) in [5.74, 6) is -0.753. The third kappa shape index (κ3) is 3.51. The molecule has 0 unspecified atom stereocenters. The molecule has 7 heteroatoms. The molecule has 0 saturated carbocycles. The summed E-state index contributed by atoms with van der Waals surface area (Å²) in [5, 5.41) is 8.47. The van der Waals surface area contributed by atoms with E-state index in [4.69, 9.17) is 5.11 Å². The monoisotopic (exact) mass is 262 g/mol. The molecule has 1 fully saturated rings. The van der Waals surface area contributed by atoms with Crippen molar-refractivity contribution in [2.45, 2.75) is 0 Å². The van der Waals surface area contributed by atoms with Crippen LogP contribution in [0.3, 0.4) is 0 Å². The molecule has 7 nitrogen and oxygen atoms in total. The van der Waals surface area contributed by atoms with Gasteiger partial charge >= 0.3 is 5.97 Å². The van der Waals surface area contributed by atoms with Crippen LogP contribution in [0.2, 0.25) is 0 Å². The second-order valence-electron chi connectivity index (χ2n) is 4.03. The van der Waals surface area contributed by atoms with Crippen molar-refractivity contribution in [3.05, 3.63) is 30.6 Å². The fourth-order valence-corrected chi connectivity index (χ4v) is 1.83. The van der Waals surface area contributed by atoms with Crippen molar-refractivity contribution in [1.29, 1.82) is 0 Å². The number of hydrogen-bond acceptors (Lipinski definition) is 5. The van der Waals surface area contributed by atoms with Gasteiger partial charge in [0.15, 0.2) is 0 Å². The smallest absolute Gasteiger partial charge is 0.328 e. The van der Waals surface area contributed by atoms with Crippen LogP contribution < -0.4 is 4.90 Å². The topological polar surface area (TPSA) is 86.6 Å². The minimum Gasteiger partial charge on any atom is -0.478 e. The number of anilines is 1. The Kier molecular flexibility index (Phi) is 4.07. The maximum atomic E-state index is 11.7. The molecule has 0 aromatic carbocycles. The molecule has 19 heavy (non-hydrogen) atoms. The fourth-order valence-electron chi connectivity index (χ4n) is 1.83. The molecule has 0 radical (unpaired) electrons. The van der Waals surface area contributed by atoms with Gasteiger partial charge in [-0.3, -0.25) is 4.79 Å². The molecule has 0 spiro atoms. The zero-order valence-electron chi connectivity index (χ0n) is 10.3. The summed E-state index contributed by atoms with van der Waals surface area (Å²) in [6, 6.07) is 1.75. The Morgan fingerprint density at radius 2 is 1.74 bits per heavy atom. The molecule has 2 rings (SSSR count). The van der Waals surface area contributed by atoms with Crippen molar-refractivity contribution in [3.8, 4) is 0 Å². The highest BCUT2D eigenvalue weighted by molar-refractivity contribution is 5.94. The summed E-state index contributed by atoms with van der Waals surface area (Å²) in [5.41, 5.74) is 0. The van der Waals surface area contributed by atoms with Crippen LogP contribution >= 0.6 is 0 Å². The lowest BCUT2D eigenvalue weighted by Crippen LogP contribution is -2.48. The summed E-state index contributed by atoms with van der Waals surface area (Å²) in [4.78, 5) is 33.9. The van der Waals surface area contributed by atoms with E-state index in [-0.39, 0.29) is 5.91 Å². The Bertz CT molecular complexity index is 481. The molecule has 0 aliphatic carbocycles. The number of piperazine rings is 1. The summed E-state index contributed by atoms with van der Waals surface area (Å²) in [6.07, 6.45) is 5.29. The highest BCUT2D eigenvalue weighted by atomic mass is 16.4. The Hall–Kier alpha value is -2.44. The number of carbonyl (C=O) groups is 2. The molecule has 1 aromatic heterocycles.